The monoisotopic (exact) mass is 225 g/mol. The van der Waals surface area contributed by atoms with Crippen molar-refractivity contribution in [1.82, 2.24) is 5.32 Å². The van der Waals surface area contributed by atoms with E-state index in [0.29, 0.717) is 6.04 Å². The molecule has 2 N–H and O–H groups in total. The van der Waals surface area contributed by atoms with Gasteiger partial charge in [-0.3, -0.25) is 10.1 Å². The van der Waals surface area contributed by atoms with Crippen LogP contribution in [-0.4, -0.2) is 22.7 Å². The molecule has 2 atom stereocenters. The number of rotatable bonds is 3. The van der Waals surface area contributed by atoms with E-state index in [-0.39, 0.29) is 0 Å². The van der Waals surface area contributed by atoms with E-state index >= 15 is 0 Å². The Bertz CT molecular complexity index is 263. The van der Waals surface area contributed by atoms with Gasteiger partial charge in [0.1, 0.15) is 5.54 Å². The highest BCUT2D eigenvalue weighted by atomic mass is 16.4. The summed E-state index contributed by atoms with van der Waals surface area (Å²) in [6.07, 6.45) is 6.23. The third-order valence-electron chi connectivity index (χ3n) is 4.28. The van der Waals surface area contributed by atoms with Crippen LogP contribution >= 0.6 is 0 Å². The topological polar surface area (TPSA) is 49.3 Å². The molecule has 2 saturated carbocycles. The fraction of sp³-hybridized carbons (Fsp3) is 0.923. The van der Waals surface area contributed by atoms with E-state index in [2.05, 4.69) is 19.2 Å². The Morgan fingerprint density at radius 1 is 1.19 bits per heavy atom. The van der Waals surface area contributed by atoms with Crippen molar-refractivity contribution >= 4 is 5.97 Å². The molecule has 0 aromatic carbocycles. The lowest BCUT2D eigenvalue weighted by Crippen LogP contribution is -2.61. The molecule has 2 fully saturated rings. The summed E-state index contributed by atoms with van der Waals surface area (Å²) < 4.78 is 0. The molecule has 0 saturated heterocycles. The zero-order valence-corrected chi connectivity index (χ0v) is 10.3. The normalized spacial score (nSPS) is 37.8. The number of carboxylic acid groups (broad SMARTS) is 1. The van der Waals surface area contributed by atoms with Crippen molar-refractivity contribution in [1.29, 1.82) is 0 Å². The quantitative estimate of drug-likeness (QED) is 0.775. The first-order valence-corrected chi connectivity index (χ1v) is 6.53. The van der Waals surface area contributed by atoms with Gasteiger partial charge in [0.2, 0.25) is 0 Å². The Labute approximate surface area is 97.6 Å². The van der Waals surface area contributed by atoms with Gasteiger partial charge in [0.25, 0.3) is 0 Å². The molecular weight excluding hydrogens is 202 g/mol. The second-order valence-electron chi connectivity index (χ2n) is 6.00. The summed E-state index contributed by atoms with van der Waals surface area (Å²) in [6.45, 7) is 4.55. The molecule has 3 nitrogen and oxygen atoms in total. The second kappa shape index (κ2) is 4.36. The van der Waals surface area contributed by atoms with Gasteiger partial charge in [0.15, 0.2) is 0 Å². The number of carboxylic acids is 1. The van der Waals surface area contributed by atoms with Crippen molar-refractivity contribution in [3.8, 4) is 0 Å². The maximum Gasteiger partial charge on any atom is 0.323 e. The molecule has 0 heterocycles. The number of hydrogen-bond donors (Lipinski definition) is 2. The lowest BCUT2D eigenvalue weighted by molar-refractivity contribution is -0.149. The summed E-state index contributed by atoms with van der Waals surface area (Å²) in [5.41, 5.74) is -0.582. The van der Waals surface area contributed by atoms with Gasteiger partial charge < -0.3 is 5.11 Å². The Kier molecular flexibility index (Phi) is 3.24. The number of nitrogens with one attached hydrogen (secondary N) is 1. The van der Waals surface area contributed by atoms with Crippen molar-refractivity contribution in [3.05, 3.63) is 0 Å². The molecule has 2 rings (SSSR count). The molecule has 2 aliphatic carbocycles. The minimum atomic E-state index is -0.648. The fourth-order valence-corrected chi connectivity index (χ4v) is 3.41. The molecule has 92 valence electrons. The molecule has 0 bridgehead atoms. The van der Waals surface area contributed by atoms with E-state index in [1.54, 1.807) is 0 Å². The van der Waals surface area contributed by atoms with E-state index in [1.807, 2.05) is 0 Å². The Morgan fingerprint density at radius 3 is 2.12 bits per heavy atom. The van der Waals surface area contributed by atoms with E-state index in [1.165, 1.54) is 6.42 Å². The van der Waals surface area contributed by atoms with E-state index in [0.717, 1.165) is 43.9 Å². The van der Waals surface area contributed by atoms with E-state index in [9.17, 15) is 9.90 Å². The maximum atomic E-state index is 11.3. The Hall–Kier alpha value is -0.570. The van der Waals surface area contributed by atoms with E-state index < -0.39 is 11.5 Å². The first-order chi connectivity index (χ1) is 7.52. The average molecular weight is 225 g/mol. The van der Waals surface area contributed by atoms with Crippen molar-refractivity contribution < 1.29 is 9.90 Å². The van der Waals surface area contributed by atoms with Gasteiger partial charge in [0, 0.05) is 6.04 Å². The van der Waals surface area contributed by atoms with Crippen molar-refractivity contribution in [2.45, 2.75) is 64.0 Å². The molecule has 0 aliphatic heterocycles. The molecule has 2 aliphatic rings. The van der Waals surface area contributed by atoms with Crippen LogP contribution in [-0.2, 0) is 4.79 Å². The molecule has 16 heavy (non-hydrogen) atoms. The summed E-state index contributed by atoms with van der Waals surface area (Å²) >= 11 is 0. The predicted molar refractivity (Wildman–Crippen MR) is 63.3 cm³/mol. The van der Waals surface area contributed by atoms with Crippen LogP contribution < -0.4 is 5.32 Å². The zero-order chi connectivity index (χ0) is 11.8. The highest BCUT2D eigenvalue weighted by Gasteiger charge is 2.46. The number of carbonyl (C=O) groups is 1. The highest BCUT2D eigenvalue weighted by Crippen LogP contribution is 2.36. The summed E-state index contributed by atoms with van der Waals surface area (Å²) in [5, 5.41) is 12.7. The largest absolute Gasteiger partial charge is 0.480 e. The third-order valence-corrected chi connectivity index (χ3v) is 4.28. The molecule has 2 unspecified atom stereocenters. The molecule has 0 aromatic rings. The average Bonchev–Trinajstić information content (AvgIpc) is 2.09. The SMILES string of the molecule is CC1CC(C)CC(NC2(C(=O)O)CCC2)C1. The molecular formula is C13H23NO2. The minimum absolute atomic E-state index is 0.412. The van der Waals surface area contributed by atoms with Gasteiger partial charge >= 0.3 is 5.97 Å². The Balaban J connectivity index is 1.95. The number of aliphatic carboxylic acids is 1. The van der Waals surface area contributed by atoms with Crippen LogP contribution in [0.5, 0.6) is 0 Å². The van der Waals surface area contributed by atoms with Crippen LogP contribution in [0.2, 0.25) is 0 Å². The van der Waals surface area contributed by atoms with Crippen molar-refractivity contribution in [2.75, 3.05) is 0 Å². The molecule has 0 aromatic heterocycles. The van der Waals surface area contributed by atoms with Crippen LogP contribution in [0, 0.1) is 11.8 Å². The van der Waals surface area contributed by atoms with Gasteiger partial charge in [-0.1, -0.05) is 13.8 Å². The van der Waals surface area contributed by atoms with Crippen LogP contribution in [0.15, 0.2) is 0 Å². The van der Waals surface area contributed by atoms with E-state index in [4.69, 9.17) is 0 Å². The van der Waals surface area contributed by atoms with Crippen LogP contribution in [0.25, 0.3) is 0 Å². The number of hydrogen-bond acceptors (Lipinski definition) is 2. The molecule has 3 heteroatoms. The first kappa shape index (κ1) is 11.9. The van der Waals surface area contributed by atoms with Crippen LogP contribution in [0.4, 0.5) is 0 Å². The molecule has 0 amide bonds. The zero-order valence-electron chi connectivity index (χ0n) is 10.3. The standard InChI is InChI=1S/C13H23NO2/c1-9-6-10(2)8-11(7-9)14-13(12(15)16)4-3-5-13/h9-11,14H,3-8H2,1-2H3,(H,15,16). The second-order valence-corrected chi connectivity index (χ2v) is 6.00. The van der Waals surface area contributed by atoms with Gasteiger partial charge in [-0.05, 0) is 50.4 Å². The summed E-state index contributed by atoms with van der Waals surface area (Å²) in [4.78, 5) is 11.3. The highest BCUT2D eigenvalue weighted by molar-refractivity contribution is 5.80. The van der Waals surface area contributed by atoms with Crippen molar-refractivity contribution in [3.63, 3.8) is 0 Å². The van der Waals surface area contributed by atoms with Crippen molar-refractivity contribution in [2.24, 2.45) is 11.8 Å². The first-order valence-electron chi connectivity index (χ1n) is 6.53. The Morgan fingerprint density at radius 2 is 1.75 bits per heavy atom. The summed E-state index contributed by atoms with van der Waals surface area (Å²) in [7, 11) is 0. The lowest BCUT2D eigenvalue weighted by atomic mass is 9.73. The minimum Gasteiger partial charge on any atom is -0.480 e. The smallest absolute Gasteiger partial charge is 0.323 e. The van der Waals surface area contributed by atoms with Gasteiger partial charge in [-0.15, -0.1) is 0 Å². The summed E-state index contributed by atoms with van der Waals surface area (Å²) in [6, 6.07) is 0.412. The molecule has 0 radical (unpaired) electrons. The predicted octanol–water partition coefficient (Wildman–Crippen LogP) is 2.41. The van der Waals surface area contributed by atoms with Gasteiger partial charge in [-0.2, -0.15) is 0 Å². The van der Waals surface area contributed by atoms with Gasteiger partial charge in [0.05, 0.1) is 0 Å². The maximum absolute atomic E-state index is 11.3. The van der Waals surface area contributed by atoms with Crippen LogP contribution in [0.1, 0.15) is 52.4 Å². The third kappa shape index (κ3) is 2.24. The lowest BCUT2D eigenvalue weighted by Gasteiger charge is -2.44. The fourth-order valence-electron chi connectivity index (χ4n) is 3.41. The summed E-state index contributed by atoms with van der Waals surface area (Å²) in [5.74, 6) is 0.809. The van der Waals surface area contributed by atoms with Crippen LogP contribution in [0.3, 0.4) is 0 Å². The van der Waals surface area contributed by atoms with Gasteiger partial charge in [-0.25, -0.2) is 0 Å². The molecule has 0 spiro atoms.